The van der Waals surface area contributed by atoms with Crippen LogP contribution in [0, 0.1) is 0 Å². The Labute approximate surface area is 78.1 Å². The van der Waals surface area contributed by atoms with Gasteiger partial charge in [-0.1, -0.05) is 34.1 Å². The Kier molecular flexibility index (Phi) is 5.54. The molecule has 0 aliphatic carbocycles. The van der Waals surface area contributed by atoms with Crippen molar-refractivity contribution < 1.29 is 14.6 Å². The Morgan fingerprint density at radius 1 is 1.82 bits per heavy atom. The fourth-order valence-corrected chi connectivity index (χ4v) is 0.536. The first-order chi connectivity index (χ1) is 5.07. The zero-order valence-corrected chi connectivity index (χ0v) is 8.06. The van der Waals surface area contributed by atoms with Gasteiger partial charge in [-0.25, -0.2) is 4.79 Å². The minimum Gasteiger partial charge on any atom is -0.459 e. The van der Waals surface area contributed by atoms with Gasteiger partial charge >= 0.3 is 5.97 Å². The largest absolute Gasteiger partial charge is 0.459 e. The lowest BCUT2D eigenvalue weighted by Crippen LogP contribution is -2.19. The predicted molar refractivity (Wildman–Crippen MR) is 45.8 cm³/mol. The van der Waals surface area contributed by atoms with E-state index in [1.807, 2.05) is 0 Å². The second kappa shape index (κ2) is 5.57. The lowest BCUT2D eigenvalue weighted by atomic mass is 10.4. The Hall–Kier alpha value is -0.0600. The number of rotatable bonds is 4. The van der Waals surface area contributed by atoms with Gasteiger partial charge in [0.1, 0.15) is 11.6 Å². The first kappa shape index (κ1) is 10.9. The molecule has 0 aliphatic heterocycles. The number of halogens is 2. The molecule has 0 saturated heterocycles. The molecule has 0 saturated carbocycles. The number of esters is 1. The van der Waals surface area contributed by atoms with Crippen LogP contribution >= 0.6 is 27.5 Å². The molecule has 0 aromatic rings. The number of ether oxygens (including phenoxy) is 1. The molecule has 3 nitrogen and oxygen atoms in total. The molecule has 0 rings (SSSR count). The molecule has 11 heavy (non-hydrogen) atoms. The quantitative estimate of drug-likeness (QED) is 0.456. The molecule has 0 spiro atoms. The van der Waals surface area contributed by atoms with Crippen LogP contribution in [0.2, 0.25) is 0 Å². The Morgan fingerprint density at radius 2 is 2.36 bits per heavy atom. The molecule has 0 bridgehead atoms. The fraction of sp³-hybridized carbons (Fsp3) is 0.500. The van der Waals surface area contributed by atoms with Crippen molar-refractivity contribution in [2.45, 2.75) is 6.10 Å². The van der Waals surface area contributed by atoms with Gasteiger partial charge in [0, 0.05) is 5.33 Å². The lowest BCUT2D eigenvalue weighted by molar-refractivity contribution is -0.140. The maximum absolute atomic E-state index is 10.6. The zero-order valence-electron chi connectivity index (χ0n) is 5.72. The number of aliphatic hydroxyl groups is 1. The van der Waals surface area contributed by atoms with Crippen molar-refractivity contribution in [1.82, 2.24) is 0 Å². The summed E-state index contributed by atoms with van der Waals surface area (Å²) in [6.45, 7) is 3.08. The Morgan fingerprint density at radius 3 is 2.73 bits per heavy atom. The van der Waals surface area contributed by atoms with Gasteiger partial charge in [0.15, 0.2) is 0 Å². The molecule has 5 heteroatoms. The van der Waals surface area contributed by atoms with Crippen LogP contribution in [0.4, 0.5) is 0 Å². The van der Waals surface area contributed by atoms with Crippen molar-refractivity contribution in [2.24, 2.45) is 0 Å². The highest BCUT2D eigenvalue weighted by molar-refractivity contribution is 9.09. The van der Waals surface area contributed by atoms with Gasteiger partial charge in [-0.15, -0.1) is 0 Å². The minimum atomic E-state index is -0.702. The summed E-state index contributed by atoms with van der Waals surface area (Å²) in [7, 11) is 0. The SMILES string of the molecule is C=C(Cl)C(=O)OCC(O)CBr. The van der Waals surface area contributed by atoms with E-state index in [2.05, 4.69) is 27.2 Å². The van der Waals surface area contributed by atoms with E-state index in [0.29, 0.717) is 5.33 Å². The summed E-state index contributed by atoms with van der Waals surface area (Å²) >= 11 is 8.20. The van der Waals surface area contributed by atoms with Gasteiger partial charge in [0.25, 0.3) is 0 Å². The first-order valence-corrected chi connectivity index (χ1v) is 4.33. The van der Waals surface area contributed by atoms with E-state index in [1.165, 1.54) is 0 Å². The van der Waals surface area contributed by atoms with E-state index < -0.39 is 12.1 Å². The van der Waals surface area contributed by atoms with Crippen molar-refractivity contribution in [3.8, 4) is 0 Å². The summed E-state index contributed by atoms with van der Waals surface area (Å²) in [4.78, 5) is 10.6. The Bertz CT molecular complexity index is 160. The minimum absolute atomic E-state index is 0.0736. The van der Waals surface area contributed by atoms with Gasteiger partial charge in [0.2, 0.25) is 0 Å². The first-order valence-electron chi connectivity index (χ1n) is 2.83. The van der Waals surface area contributed by atoms with Crippen LogP contribution in [-0.4, -0.2) is 29.1 Å². The number of hydrogen-bond acceptors (Lipinski definition) is 3. The third-order valence-corrected chi connectivity index (χ3v) is 1.71. The number of carbonyl (C=O) groups excluding carboxylic acids is 1. The molecule has 0 aromatic carbocycles. The maximum atomic E-state index is 10.6. The van der Waals surface area contributed by atoms with E-state index in [9.17, 15) is 4.79 Å². The highest BCUT2D eigenvalue weighted by Gasteiger charge is 2.08. The molecule has 0 fully saturated rings. The summed E-state index contributed by atoms with van der Waals surface area (Å²) in [5, 5.41) is 9.06. The molecular weight excluding hydrogens is 235 g/mol. The van der Waals surface area contributed by atoms with Crippen LogP contribution in [0.5, 0.6) is 0 Å². The number of aliphatic hydroxyl groups excluding tert-OH is 1. The normalized spacial score (nSPS) is 12.3. The van der Waals surface area contributed by atoms with Crippen molar-refractivity contribution in [3.63, 3.8) is 0 Å². The molecule has 1 N–H and O–H groups in total. The van der Waals surface area contributed by atoms with Crippen LogP contribution in [-0.2, 0) is 9.53 Å². The second-order valence-corrected chi connectivity index (χ2v) is 2.92. The van der Waals surface area contributed by atoms with Crippen molar-refractivity contribution >= 4 is 33.5 Å². The molecule has 0 radical (unpaired) electrons. The van der Waals surface area contributed by atoms with Gasteiger partial charge in [-0.3, -0.25) is 0 Å². The number of hydrogen-bond donors (Lipinski definition) is 1. The van der Waals surface area contributed by atoms with Gasteiger partial charge < -0.3 is 9.84 Å². The van der Waals surface area contributed by atoms with Gasteiger partial charge in [0.05, 0.1) is 6.10 Å². The van der Waals surface area contributed by atoms with Crippen LogP contribution in [0.25, 0.3) is 0 Å². The zero-order chi connectivity index (χ0) is 8.85. The highest BCUT2D eigenvalue weighted by atomic mass is 79.9. The maximum Gasteiger partial charge on any atom is 0.349 e. The van der Waals surface area contributed by atoms with E-state index in [4.69, 9.17) is 16.7 Å². The van der Waals surface area contributed by atoms with E-state index in [0.717, 1.165) is 0 Å². The van der Waals surface area contributed by atoms with E-state index in [1.54, 1.807) is 0 Å². The summed E-state index contributed by atoms with van der Waals surface area (Å²) in [6, 6.07) is 0. The molecule has 1 atom stereocenters. The van der Waals surface area contributed by atoms with Crippen molar-refractivity contribution in [2.75, 3.05) is 11.9 Å². The molecule has 64 valence electrons. The average Bonchev–Trinajstić information content (AvgIpc) is 1.99. The van der Waals surface area contributed by atoms with E-state index in [-0.39, 0.29) is 11.6 Å². The average molecular weight is 243 g/mol. The molecular formula is C6H8BrClO3. The molecule has 1 unspecified atom stereocenters. The smallest absolute Gasteiger partial charge is 0.349 e. The molecule has 0 aromatic heterocycles. The van der Waals surface area contributed by atoms with Crippen LogP contribution in [0.1, 0.15) is 0 Å². The summed E-state index contributed by atoms with van der Waals surface area (Å²) in [5.74, 6) is -0.702. The predicted octanol–water partition coefficient (Wildman–Crippen LogP) is 1.04. The Balaban J connectivity index is 3.54. The molecule has 0 amide bonds. The number of alkyl halides is 1. The summed E-state index contributed by atoms with van der Waals surface area (Å²) < 4.78 is 4.51. The van der Waals surface area contributed by atoms with Crippen molar-refractivity contribution in [1.29, 1.82) is 0 Å². The van der Waals surface area contributed by atoms with Crippen LogP contribution < -0.4 is 0 Å². The third-order valence-electron chi connectivity index (χ3n) is 0.806. The highest BCUT2D eigenvalue weighted by Crippen LogP contribution is 2.00. The van der Waals surface area contributed by atoms with Crippen LogP contribution in [0.3, 0.4) is 0 Å². The third kappa shape index (κ3) is 5.24. The summed E-state index contributed by atoms with van der Waals surface area (Å²) in [6.07, 6.45) is -0.699. The monoisotopic (exact) mass is 242 g/mol. The summed E-state index contributed by atoms with van der Waals surface area (Å²) in [5.41, 5.74) is 0. The lowest BCUT2D eigenvalue weighted by Gasteiger charge is -2.06. The molecule has 0 aliphatic rings. The number of carbonyl (C=O) groups is 1. The molecule has 0 heterocycles. The fourth-order valence-electron chi connectivity index (χ4n) is 0.295. The second-order valence-electron chi connectivity index (χ2n) is 1.81. The van der Waals surface area contributed by atoms with Crippen LogP contribution in [0.15, 0.2) is 11.6 Å². The van der Waals surface area contributed by atoms with Gasteiger partial charge in [-0.05, 0) is 0 Å². The van der Waals surface area contributed by atoms with Gasteiger partial charge in [-0.2, -0.15) is 0 Å². The van der Waals surface area contributed by atoms with Crippen molar-refractivity contribution in [3.05, 3.63) is 11.6 Å². The topological polar surface area (TPSA) is 46.5 Å². The van der Waals surface area contributed by atoms with E-state index >= 15 is 0 Å². The standard InChI is InChI=1S/C6H8BrClO3/c1-4(8)6(10)11-3-5(9)2-7/h5,9H,1-3H2.